The van der Waals surface area contributed by atoms with Crippen molar-refractivity contribution in [1.29, 1.82) is 0 Å². The summed E-state index contributed by atoms with van der Waals surface area (Å²) in [6.07, 6.45) is 3.59. The number of fused-ring (bicyclic) bond motifs is 2. The molecule has 5 nitrogen and oxygen atoms in total. The third-order valence-electron chi connectivity index (χ3n) is 4.12. The van der Waals surface area contributed by atoms with Crippen LogP contribution in [0.2, 0.25) is 0 Å². The van der Waals surface area contributed by atoms with E-state index in [-0.39, 0.29) is 12.1 Å². The number of nitrogens with zero attached hydrogens (tertiary/aromatic N) is 3. The third kappa shape index (κ3) is 2.83. The van der Waals surface area contributed by atoms with Crippen LogP contribution in [0.25, 0.3) is 5.70 Å². The van der Waals surface area contributed by atoms with E-state index in [0.717, 1.165) is 16.1 Å². The second-order valence-corrected chi connectivity index (χ2v) is 7.22. The lowest BCUT2D eigenvalue weighted by molar-refractivity contribution is -0.116. The van der Waals surface area contributed by atoms with Gasteiger partial charge in [-0.05, 0) is 36.3 Å². The Morgan fingerprint density at radius 2 is 1.80 bits per heavy atom. The van der Waals surface area contributed by atoms with E-state index in [2.05, 4.69) is 22.6 Å². The average molecular weight is 368 g/mol. The molecule has 0 fully saturated rings. The molecule has 0 spiro atoms. The van der Waals surface area contributed by atoms with E-state index in [1.165, 1.54) is 16.7 Å². The number of carbonyl (C=O) groups excluding carboxylic acids is 1. The van der Waals surface area contributed by atoms with Crippen LogP contribution in [0.5, 0.6) is 0 Å². The molecule has 2 aromatic carbocycles. The molecule has 25 heavy (non-hydrogen) atoms. The van der Waals surface area contributed by atoms with Crippen LogP contribution >= 0.6 is 23.5 Å². The van der Waals surface area contributed by atoms with E-state index >= 15 is 0 Å². The van der Waals surface area contributed by atoms with Crippen molar-refractivity contribution in [1.82, 2.24) is 10.3 Å². The van der Waals surface area contributed by atoms with Gasteiger partial charge < -0.3 is 0 Å². The number of thioether (sulfide) groups is 2. The molecule has 1 unspecified atom stereocenters. The summed E-state index contributed by atoms with van der Waals surface area (Å²) in [5.41, 5.74) is 1.55. The summed E-state index contributed by atoms with van der Waals surface area (Å²) in [7, 11) is 0. The van der Waals surface area contributed by atoms with Crippen molar-refractivity contribution in [2.75, 3.05) is 12.5 Å². The predicted molar refractivity (Wildman–Crippen MR) is 103 cm³/mol. The molecule has 7 heteroatoms. The Labute approximate surface area is 153 Å². The molecule has 1 atom stereocenters. The van der Waals surface area contributed by atoms with Crippen molar-refractivity contribution in [3.05, 3.63) is 64.7 Å². The lowest BCUT2D eigenvalue weighted by atomic mass is 10.1. The van der Waals surface area contributed by atoms with Gasteiger partial charge in [-0.1, -0.05) is 42.1 Å². The highest BCUT2D eigenvalue weighted by Gasteiger charge is 2.33. The quantitative estimate of drug-likeness (QED) is 0.823. The van der Waals surface area contributed by atoms with E-state index in [4.69, 9.17) is 4.99 Å². The minimum Gasteiger partial charge on any atom is -0.298 e. The second-order valence-electron chi connectivity index (χ2n) is 5.55. The minimum atomic E-state index is -0.353. The topological polar surface area (TPSA) is 57.1 Å². The number of rotatable bonds is 2. The zero-order valence-electron chi connectivity index (χ0n) is 13.8. The molecule has 1 N–H and O–H groups in total. The van der Waals surface area contributed by atoms with Crippen LogP contribution in [0, 0.1) is 0 Å². The Kier molecular flexibility index (Phi) is 4.27. The number of nitrogens with one attached hydrogen (secondary N) is 1. The van der Waals surface area contributed by atoms with Crippen molar-refractivity contribution in [2.45, 2.75) is 11.1 Å². The first-order chi connectivity index (χ1) is 12.2. The average Bonchev–Trinajstić information content (AvgIpc) is 2.67. The zero-order valence-corrected chi connectivity index (χ0v) is 15.4. The van der Waals surface area contributed by atoms with Gasteiger partial charge >= 0.3 is 0 Å². The number of hydrogen-bond donors (Lipinski definition) is 1. The molecule has 4 rings (SSSR count). The fourth-order valence-electron chi connectivity index (χ4n) is 2.91. The highest BCUT2D eigenvalue weighted by molar-refractivity contribution is 8.13. The Bertz CT molecular complexity index is 985. The lowest BCUT2D eigenvalue weighted by Gasteiger charge is -2.33. The van der Waals surface area contributed by atoms with Crippen LogP contribution in [-0.4, -0.2) is 28.6 Å². The summed E-state index contributed by atoms with van der Waals surface area (Å²) < 4.78 is 0. The van der Waals surface area contributed by atoms with Gasteiger partial charge in [-0.15, -0.1) is 16.9 Å². The Hall–Kier alpha value is -2.25. The normalized spacial score (nSPS) is 18.7. The molecule has 0 radical (unpaired) electrons. The van der Waals surface area contributed by atoms with Gasteiger partial charge in [0, 0.05) is 10.1 Å². The number of para-hydroxylation sites is 1. The summed E-state index contributed by atoms with van der Waals surface area (Å²) in [5, 5.41) is 11.4. The third-order valence-corrected chi connectivity index (χ3v) is 5.44. The monoisotopic (exact) mass is 368 g/mol. The van der Waals surface area contributed by atoms with Gasteiger partial charge in [-0.3, -0.25) is 15.1 Å². The van der Waals surface area contributed by atoms with Gasteiger partial charge in [0.25, 0.3) is 5.91 Å². The molecule has 0 saturated carbocycles. The van der Waals surface area contributed by atoms with Gasteiger partial charge in [-0.25, -0.2) is 5.01 Å². The first-order valence-electron chi connectivity index (χ1n) is 7.75. The molecule has 0 bridgehead atoms. The van der Waals surface area contributed by atoms with E-state index in [0.29, 0.717) is 10.9 Å². The Morgan fingerprint density at radius 1 is 1.04 bits per heavy atom. The van der Waals surface area contributed by atoms with E-state index in [1.807, 2.05) is 48.9 Å². The van der Waals surface area contributed by atoms with Crippen LogP contribution in [0.15, 0.2) is 63.5 Å². The highest BCUT2D eigenvalue weighted by Crippen LogP contribution is 2.31. The van der Waals surface area contributed by atoms with Crippen LogP contribution in [-0.2, 0) is 4.79 Å². The molecule has 2 heterocycles. The summed E-state index contributed by atoms with van der Waals surface area (Å²) in [4.78, 5) is 18.8. The Balaban J connectivity index is 1.93. The summed E-state index contributed by atoms with van der Waals surface area (Å²) in [6, 6.07) is 15.9. The number of hydrogen-bond acceptors (Lipinski definition) is 6. The molecule has 126 valence electrons. The fourth-order valence-corrected chi connectivity index (χ4v) is 3.69. The number of amides is 1. The molecule has 2 aliphatic rings. The summed E-state index contributed by atoms with van der Waals surface area (Å²) >= 11 is 3.10. The van der Waals surface area contributed by atoms with Gasteiger partial charge in [0.1, 0.15) is 5.70 Å². The van der Waals surface area contributed by atoms with Crippen molar-refractivity contribution < 1.29 is 4.79 Å². The summed E-state index contributed by atoms with van der Waals surface area (Å²) in [6.45, 7) is 0. The largest absolute Gasteiger partial charge is 0.298 e. The SMILES string of the molecule is CSC1=NN2C(=c3ccccc3=NC2c2ccc(SC)cc2)C(=O)N1. The molecule has 2 aliphatic heterocycles. The molecule has 1 amide bonds. The number of carbonyl (C=O) groups is 1. The van der Waals surface area contributed by atoms with E-state index < -0.39 is 0 Å². The van der Waals surface area contributed by atoms with Crippen molar-refractivity contribution >= 4 is 40.3 Å². The van der Waals surface area contributed by atoms with Crippen LogP contribution < -0.4 is 15.9 Å². The molecular formula is C18H16N4OS2. The van der Waals surface area contributed by atoms with E-state index in [9.17, 15) is 4.79 Å². The Morgan fingerprint density at radius 3 is 2.52 bits per heavy atom. The fraction of sp³-hybridized carbons (Fsp3) is 0.167. The first-order valence-corrected chi connectivity index (χ1v) is 10.2. The van der Waals surface area contributed by atoms with Gasteiger partial charge in [0.05, 0.1) is 5.36 Å². The van der Waals surface area contributed by atoms with Gasteiger partial charge in [0.15, 0.2) is 11.3 Å². The summed E-state index contributed by atoms with van der Waals surface area (Å²) in [5.74, 6) is -0.146. The molecule has 0 aromatic heterocycles. The molecule has 0 saturated heterocycles. The molecule has 0 aliphatic carbocycles. The number of amidine groups is 1. The maximum Gasteiger partial charge on any atom is 0.276 e. The van der Waals surface area contributed by atoms with Crippen molar-refractivity contribution in [3.63, 3.8) is 0 Å². The van der Waals surface area contributed by atoms with Crippen molar-refractivity contribution in [3.8, 4) is 0 Å². The number of benzene rings is 2. The molecule has 2 aromatic rings. The van der Waals surface area contributed by atoms with Crippen LogP contribution in [0.3, 0.4) is 0 Å². The van der Waals surface area contributed by atoms with Gasteiger partial charge in [0.2, 0.25) is 0 Å². The smallest absolute Gasteiger partial charge is 0.276 e. The predicted octanol–water partition coefficient (Wildman–Crippen LogP) is 1.91. The minimum absolute atomic E-state index is 0.146. The standard InChI is InChI=1S/C18H16N4OS2/c1-24-12-9-7-11(8-10-12)16-19-14-6-4-3-5-13(14)15-17(23)20-18(25-2)21-22(15)16/h3-10,16H,1-2H3,(H,20,21,23). The zero-order chi connectivity index (χ0) is 17.4. The van der Waals surface area contributed by atoms with Crippen LogP contribution in [0.4, 0.5) is 0 Å². The maximum absolute atomic E-state index is 12.7. The van der Waals surface area contributed by atoms with E-state index in [1.54, 1.807) is 16.8 Å². The maximum atomic E-state index is 12.7. The second kappa shape index (κ2) is 6.57. The first kappa shape index (κ1) is 16.2. The van der Waals surface area contributed by atoms with Crippen molar-refractivity contribution in [2.24, 2.45) is 10.1 Å². The lowest BCUT2D eigenvalue weighted by Crippen LogP contribution is -2.50. The molecular weight excluding hydrogens is 352 g/mol. The highest BCUT2D eigenvalue weighted by atomic mass is 32.2. The number of hydrazone groups is 1. The van der Waals surface area contributed by atoms with Crippen LogP contribution in [0.1, 0.15) is 11.7 Å². The van der Waals surface area contributed by atoms with Gasteiger partial charge in [-0.2, -0.15) is 0 Å².